The van der Waals surface area contributed by atoms with E-state index in [-0.39, 0.29) is 12.1 Å². The summed E-state index contributed by atoms with van der Waals surface area (Å²) < 4.78 is 15.1. The Morgan fingerprint density at radius 2 is 1.76 bits per heavy atom. The predicted octanol–water partition coefficient (Wildman–Crippen LogP) is 1.85. The zero-order chi connectivity index (χ0) is 15.6. The van der Waals surface area contributed by atoms with Crippen LogP contribution >= 0.6 is 0 Å². The lowest BCUT2D eigenvalue weighted by Crippen LogP contribution is -2.12. The van der Waals surface area contributed by atoms with E-state index in [4.69, 9.17) is 0 Å². The van der Waals surface area contributed by atoms with Crippen LogP contribution in [-0.4, -0.2) is 14.4 Å². The minimum atomic E-state index is -1.01. The molecule has 0 unspecified atom stereocenters. The molecule has 0 spiro atoms. The summed E-state index contributed by atoms with van der Waals surface area (Å²) in [6.07, 6.45) is 2.20. The van der Waals surface area contributed by atoms with E-state index >= 15 is 0 Å². The highest BCUT2D eigenvalue weighted by Gasteiger charge is 2.18. The molecule has 2 aromatic rings. The van der Waals surface area contributed by atoms with Crippen molar-refractivity contribution in [1.82, 2.24) is 4.57 Å². The molecule has 0 aliphatic carbocycles. The van der Waals surface area contributed by atoms with Gasteiger partial charge < -0.3 is 4.57 Å². The van der Waals surface area contributed by atoms with Gasteiger partial charge in [0.2, 0.25) is 5.82 Å². The fourth-order valence-electron chi connectivity index (χ4n) is 1.77. The molecule has 108 valence electrons. The van der Waals surface area contributed by atoms with Crippen molar-refractivity contribution in [2.75, 3.05) is 0 Å². The largest absolute Gasteiger partial charge is 0.344 e. The maximum Gasteiger partial charge on any atom is 0.332 e. The van der Waals surface area contributed by atoms with Gasteiger partial charge in [0.1, 0.15) is 0 Å². The van der Waals surface area contributed by atoms with Crippen molar-refractivity contribution in [3.8, 4) is 0 Å². The molecule has 0 N–H and O–H groups in total. The molecule has 1 heterocycles. The Morgan fingerprint density at radius 1 is 1.10 bits per heavy atom. The number of halogens is 1. The fourth-order valence-corrected chi connectivity index (χ4v) is 1.77. The molecule has 9 heteroatoms. The number of nitro groups is 2. The second-order valence-corrected chi connectivity index (χ2v) is 4.13. The topological polar surface area (TPSA) is 108 Å². The Morgan fingerprint density at radius 3 is 2.38 bits per heavy atom. The summed E-state index contributed by atoms with van der Waals surface area (Å²) in [5.74, 6) is -1.01. The van der Waals surface area contributed by atoms with Crippen molar-refractivity contribution in [3.63, 3.8) is 0 Å². The lowest BCUT2D eigenvalue weighted by molar-refractivity contribution is -0.387. The molecular weight excluding hydrogens is 285 g/mol. The number of pyridine rings is 1. The molecule has 2 rings (SSSR count). The maximum atomic E-state index is 13.9. The SMILES string of the molecule is O=c1ccn(Cc2cccc([N+](=O)[O-])c2F)cc1[N+](=O)[O-]. The summed E-state index contributed by atoms with van der Waals surface area (Å²) >= 11 is 0. The van der Waals surface area contributed by atoms with Crippen LogP contribution in [0, 0.1) is 26.0 Å². The van der Waals surface area contributed by atoms with Crippen LogP contribution in [-0.2, 0) is 6.54 Å². The number of nitrogens with zero attached hydrogens (tertiary/aromatic N) is 3. The lowest BCUT2D eigenvalue weighted by Gasteiger charge is -2.07. The van der Waals surface area contributed by atoms with Gasteiger partial charge in [-0.15, -0.1) is 0 Å². The first-order valence-corrected chi connectivity index (χ1v) is 5.66. The average molecular weight is 293 g/mol. The van der Waals surface area contributed by atoms with Crippen LogP contribution in [0.4, 0.5) is 15.8 Å². The first kappa shape index (κ1) is 14.3. The molecule has 1 aromatic heterocycles. The third kappa shape index (κ3) is 2.91. The smallest absolute Gasteiger partial charge is 0.332 e. The van der Waals surface area contributed by atoms with Crippen molar-refractivity contribution >= 4 is 11.4 Å². The molecule has 0 bridgehead atoms. The Hall–Kier alpha value is -3.10. The van der Waals surface area contributed by atoms with Crippen LogP contribution in [0.1, 0.15) is 5.56 Å². The molecule has 0 aliphatic rings. The van der Waals surface area contributed by atoms with E-state index in [1.54, 1.807) is 0 Å². The molecule has 21 heavy (non-hydrogen) atoms. The minimum absolute atomic E-state index is 0.0119. The molecule has 0 atom stereocenters. The van der Waals surface area contributed by atoms with Gasteiger partial charge in [-0.05, 0) is 0 Å². The summed E-state index contributed by atoms with van der Waals surface area (Å²) in [6, 6.07) is 4.64. The van der Waals surface area contributed by atoms with Crippen molar-refractivity contribution in [2.45, 2.75) is 6.54 Å². The highest BCUT2D eigenvalue weighted by Crippen LogP contribution is 2.21. The van der Waals surface area contributed by atoms with E-state index in [1.807, 2.05) is 0 Å². The van der Waals surface area contributed by atoms with Crippen molar-refractivity contribution in [1.29, 1.82) is 0 Å². The number of hydrogen-bond acceptors (Lipinski definition) is 5. The third-order valence-corrected chi connectivity index (χ3v) is 2.76. The molecule has 0 amide bonds. The van der Waals surface area contributed by atoms with Gasteiger partial charge >= 0.3 is 11.4 Å². The summed E-state index contributed by atoms with van der Waals surface area (Å²) in [5.41, 5.74) is -2.11. The number of hydrogen-bond donors (Lipinski definition) is 0. The fraction of sp³-hybridized carbons (Fsp3) is 0.0833. The summed E-state index contributed by atoms with van der Waals surface area (Å²) in [5, 5.41) is 21.3. The quantitative estimate of drug-likeness (QED) is 0.631. The molecule has 1 aromatic carbocycles. The van der Waals surface area contributed by atoms with Gasteiger partial charge in [-0.2, -0.15) is 4.39 Å². The van der Waals surface area contributed by atoms with E-state index in [9.17, 15) is 29.4 Å². The van der Waals surface area contributed by atoms with Crippen molar-refractivity contribution in [2.24, 2.45) is 0 Å². The van der Waals surface area contributed by atoms with E-state index in [2.05, 4.69) is 0 Å². The molecule has 8 nitrogen and oxygen atoms in total. The van der Waals surface area contributed by atoms with Crippen LogP contribution in [0.2, 0.25) is 0 Å². The van der Waals surface area contributed by atoms with Gasteiger partial charge in [-0.25, -0.2) is 0 Å². The van der Waals surface area contributed by atoms with Gasteiger partial charge in [-0.1, -0.05) is 12.1 Å². The first-order valence-electron chi connectivity index (χ1n) is 5.66. The number of rotatable bonds is 4. The summed E-state index contributed by atoms with van der Waals surface area (Å²) in [7, 11) is 0. The number of aromatic nitrogens is 1. The molecule has 0 saturated heterocycles. The Balaban J connectivity index is 2.41. The Labute approximate surface area is 116 Å². The zero-order valence-corrected chi connectivity index (χ0v) is 10.4. The highest BCUT2D eigenvalue weighted by atomic mass is 19.1. The molecule has 0 fully saturated rings. The predicted molar refractivity (Wildman–Crippen MR) is 69.5 cm³/mol. The highest BCUT2D eigenvalue weighted by molar-refractivity contribution is 5.37. The molecule has 0 saturated carbocycles. The molecule has 0 radical (unpaired) electrons. The first-order chi connectivity index (χ1) is 9.90. The van der Waals surface area contributed by atoms with E-state index in [0.717, 1.165) is 18.3 Å². The van der Waals surface area contributed by atoms with Gasteiger partial charge in [0.15, 0.2) is 0 Å². The van der Waals surface area contributed by atoms with Crippen LogP contribution in [0.5, 0.6) is 0 Å². The van der Waals surface area contributed by atoms with E-state index in [0.29, 0.717) is 0 Å². The van der Waals surface area contributed by atoms with Gasteiger partial charge in [0, 0.05) is 23.9 Å². The summed E-state index contributed by atoms with van der Waals surface area (Å²) in [4.78, 5) is 30.9. The summed E-state index contributed by atoms with van der Waals surface area (Å²) in [6.45, 7) is -0.172. The second kappa shape index (κ2) is 5.49. The van der Waals surface area contributed by atoms with Crippen LogP contribution in [0.25, 0.3) is 0 Å². The monoisotopic (exact) mass is 293 g/mol. The third-order valence-electron chi connectivity index (χ3n) is 2.76. The second-order valence-electron chi connectivity index (χ2n) is 4.13. The maximum absolute atomic E-state index is 13.9. The lowest BCUT2D eigenvalue weighted by atomic mass is 10.2. The average Bonchev–Trinajstić information content (AvgIpc) is 2.42. The van der Waals surface area contributed by atoms with Crippen molar-refractivity contribution < 1.29 is 14.2 Å². The zero-order valence-electron chi connectivity index (χ0n) is 10.4. The van der Waals surface area contributed by atoms with Crippen LogP contribution in [0.3, 0.4) is 0 Å². The number of benzene rings is 1. The van der Waals surface area contributed by atoms with E-state index < -0.39 is 32.5 Å². The van der Waals surface area contributed by atoms with Gasteiger partial charge in [-0.3, -0.25) is 25.0 Å². The standard InChI is InChI=1S/C12H8FN3O5/c13-12-8(2-1-3-9(12)15(18)19)6-14-5-4-11(17)10(7-14)16(20)21/h1-5,7H,6H2. The number of nitro benzene ring substituents is 1. The molecular formula is C12H8FN3O5. The van der Waals surface area contributed by atoms with Gasteiger partial charge in [0.25, 0.3) is 5.43 Å². The van der Waals surface area contributed by atoms with Crippen LogP contribution < -0.4 is 5.43 Å². The van der Waals surface area contributed by atoms with Gasteiger partial charge in [0.05, 0.1) is 22.6 Å². The van der Waals surface area contributed by atoms with Crippen LogP contribution in [0.15, 0.2) is 41.5 Å². The Bertz CT molecular complexity index is 787. The van der Waals surface area contributed by atoms with Crippen molar-refractivity contribution in [3.05, 3.63) is 78.5 Å². The normalized spacial score (nSPS) is 10.3. The Kier molecular flexibility index (Phi) is 3.74. The minimum Gasteiger partial charge on any atom is -0.344 e. The van der Waals surface area contributed by atoms with E-state index in [1.165, 1.54) is 22.9 Å². The molecule has 0 aliphatic heterocycles.